The Morgan fingerprint density at radius 1 is 0.909 bits per heavy atom. The van der Waals surface area contributed by atoms with Gasteiger partial charge >= 0.3 is 6.09 Å². The van der Waals surface area contributed by atoms with Gasteiger partial charge in [0.2, 0.25) is 0 Å². The van der Waals surface area contributed by atoms with E-state index in [9.17, 15) is 18.0 Å². The highest BCUT2D eigenvalue weighted by molar-refractivity contribution is 7.91. The topological polar surface area (TPSA) is 143 Å². The van der Waals surface area contributed by atoms with Crippen LogP contribution in [0.1, 0.15) is 36.4 Å². The number of Topliss-reactive ketones (excluding diaryl/α,β-unsaturated/α-hetero) is 1. The number of hydrogen-bond donors (Lipinski definition) is 3. The molecule has 0 spiro atoms. The average molecular weight is 612 g/mol. The highest BCUT2D eigenvalue weighted by Gasteiger charge is 2.19. The third-order valence-corrected chi connectivity index (χ3v) is 8.86. The first-order valence-electron chi connectivity index (χ1n) is 14.2. The molecule has 0 saturated heterocycles. The normalized spacial score (nSPS) is 12.0. The lowest BCUT2D eigenvalue weighted by Gasteiger charge is -2.14. The summed E-state index contributed by atoms with van der Waals surface area (Å²) in [5.74, 6) is 0.801. The number of hydrogen-bond acceptors (Lipinski definition) is 8. The number of alkyl carbamates (subject to hydrolysis) is 1. The minimum atomic E-state index is -3.46. The maximum absolute atomic E-state index is 12.9. The van der Waals surface area contributed by atoms with Gasteiger partial charge in [-0.25, -0.2) is 23.2 Å². The quantitative estimate of drug-likeness (QED) is 0.168. The van der Waals surface area contributed by atoms with Gasteiger partial charge < -0.3 is 20.4 Å². The zero-order chi connectivity index (χ0) is 31.1. The third-order valence-electron chi connectivity index (χ3n) is 7.07. The zero-order valence-electron chi connectivity index (χ0n) is 24.4. The number of sulfone groups is 1. The Labute approximate surface area is 255 Å². The van der Waals surface area contributed by atoms with Crippen molar-refractivity contribution in [1.29, 1.82) is 0 Å². The van der Waals surface area contributed by atoms with Crippen LogP contribution in [0.2, 0.25) is 0 Å². The smallest absolute Gasteiger partial charge is 0.408 e. The first kappa shape index (κ1) is 30.4. The number of aromatic nitrogens is 3. The second-order valence-electron chi connectivity index (χ2n) is 10.3. The molecule has 3 N–H and O–H groups in total. The van der Waals surface area contributed by atoms with Crippen LogP contribution in [0.25, 0.3) is 11.0 Å². The number of carbonyl (C=O) groups is 2. The number of carbonyl (C=O) groups excluding carboxylic acids is 2. The molecule has 0 aliphatic rings. The molecule has 11 heteroatoms. The minimum Gasteiger partial charge on any atom is -0.445 e. The standard InChI is InChI=1S/C33H33N5O5S/c1-3-44(41,42)29-15-8-7-14-26(29)37-32-31-27(16-17-34-31)36-30(38-32)20-25-13-9-12-24(18-25)19-28(39)22(2)35-33(40)43-21-23-10-5-4-6-11-23/h4-18,22,34H,3,19-21H2,1-2H3,(H,35,40)(H,36,37,38)/t22-/m0/s1. The van der Waals surface area contributed by atoms with E-state index in [1.54, 1.807) is 44.3 Å². The summed E-state index contributed by atoms with van der Waals surface area (Å²) in [4.78, 5) is 37.8. The van der Waals surface area contributed by atoms with E-state index in [0.717, 1.165) is 16.7 Å². The number of ketones is 1. The lowest BCUT2D eigenvalue weighted by molar-refractivity contribution is -0.120. The largest absolute Gasteiger partial charge is 0.445 e. The van der Waals surface area contributed by atoms with E-state index in [1.165, 1.54) is 0 Å². The molecule has 1 amide bonds. The predicted octanol–water partition coefficient (Wildman–Crippen LogP) is 5.51. The number of aromatic amines is 1. The lowest BCUT2D eigenvalue weighted by atomic mass is 10.0. The van der Waals surface area contributed by atoms with E-state index in [4.69, 9.17) is 9.72 Å². The van der Waals surface area contributed by atoms with Crippen LogP contribution in [0.3, 0.4) is 0 Å². The first-order valence-corrected chi connectivity index (χ1v) is 15.9. The van der Waals surface area contributed by atoms with Crippen molar-refractivity contribution >= 4 is 44.3 Å². The highest BCUT2D eigenvalue weighted by atomic mass is 32.2. The van der Waals surface area contributed by atoms with Crippen molar-refractivity contribution in [2.45, 2.75) is 44.2 Å². The molecule has 0 radical (unpaired) electrons. The molecule has 1 atom stereocenters. The van der Waals surface area contributed by atoms with E-state index < -0.39 is 22.0 Å². The Morgan fingerprint density at radius 2 is 1.64 bits per heavy atom. The van der Waals surface area contributed by atoms with Crippen molar-refractivity contribution < 1.29 is 22.7 Å². The van der Waals surface area contributed by atoms with Gasteiger partial charge in [0, 0.05) is 19.0 Å². The molecule has 0 bridgehead atoms. The SMILES string of the molecule is CCS(=O)(=O)c1ccccc1Nc1nc(Cc2cccc(CC(=O)[C@H](C)NC(=O)OCc3ccccc3)c2)nc2cc[nH]c12. The number of ether oxygens (including phenoxy) is 1. The monoisotopic (exact) mass is 611 g/mol. The molecular formula is C33H33N5O5S. The number of para-hydroxylation sites is 1. The van der Waals surface area contributed by atoms with Gasteiger partial charge in [-0.1, -0.05) is 73.7 Å². The zero-order valence-corrected chi connectivity index (χ0v) is 25.2. The first-order chi connectivity index (χ1) is 21.2. The number of nitrogens with one attached hydrogen (secondary N) is 3. The maximum Gasteiger partial charge on any atom is 0.408 e. The molecule has 2 aromatic heterocycles. The Kier molecular flexibility index (Phi) is 9.35. The second kappa shape index (κ2) is 13.5. The van der Waals surface area contributed by atoms with E-state index >= 15 is 0 Å². The summed E-state index contributed by atoms with van der Waals surface area (Å²) in [6.07, 6.45) is 1.61. The van der Waals surface area contributed by atoms with Crippen molar-refractivity contribution in [3.63, 3.8) is 0 Å². The number of amides is 1. The average Bonchev–Trinajstić information content (AvgIpc) is 3.50. The number of anilines is 2. The molecule has 0 aliphatic heterocycles. The molecule has 0 aliphatic carbocycles. The molecule has 0 unspecified atom stereocenters. The Hall–Kier alpha value is -5.03. The molecule has 0 saturated carbocycles. The fourth-order valence-electron chi connectivity index (χ4n) is 4.70. The van der Waals surface area contributed by atoms with Gasteiger partial charge in [-0.15, -0.1) is 0 Å². The number of benzene rings is 3. The molecule has 5 aromatic rings. The fourth-order valence-corrected chi connectivity index (χ4v) is 5.75. The summed E-state index contributed by atoms with van der Waals surface area (Å²) in [7, 11) is -3.46. The summed E-state index contributed by atoms with van der Waals surface area (Å²) in [5, 5.41) is 5.80. The van der Waals surface area contributed by atoms with E-state index in [2.05, 4.69) is 20.6 Å². The fraction of sp³-hybridized carbons (Fsp3) is 0.212. The summed E-state index contributed by atoms with van der Waals surface area (Å²) in [6.45, 7) is 3.36. The molecular weight excluding hydrogens is 578 g/mol. The van der Waals surface area contributed by atoms with E-state index in [0.29, 0.717) is 34.8 Å². The van der Waals surface area contributed by atoms with Gasteiger partial charge in [-0.3, -0.25) is 4.79 Å². The van der Waals surface area contributed by atoms with Crippen LogP contribution < -0.4 is 10.6 Å². The van der Waals surface area contributed by atoms with Crippen molar-refractivity contribution in [2.75, 3.05) is 11.1 Å². The van der Waals surface area contributed by atoms with Gasteiger partial charge in [0.1, 0.15) is 17.9 Å². The van der Waals surface area contributed by atoms with Crippen LogP contribution in [0.4, 0.5) is 16.3 Å². The number of fused-ring (bicyclic) bond motifs is 1. The van der Waals surface area contributed by atoms with Gasteiger partial charge in [0.15, 0.2) is 21.4 Å². The van der Waals surface area contributed by atoms with Crippen LogP contribution >= 0.6 is 0 Å². The van der Waals surface area contributed by atoms with Crippen LogP contribution in [0.15, 0.2) is 96.0 Å². The lowest BCUT2D eigenvalue weighted by Crippen LogP contribution is -2.39. The molecule has 44 heavy (non-hydrogen) atoms. The van der Waals surface area contributed by atoms with Gasteiger partial charge in [-0.2, -0.15) is 0 Å². The predicted molar refractivity (Wildman–Crippen MR) is 169 cm³/mol. The second-order valence-corrected chi connectivity index (χ2v) is 12.6. The molecule has 5 rings (SSSR count). The van der Waals surface area contributed by atoms with Gasteiger partial charge in [-0.05, 0) is 41.8 Å². The van der Waals surface area contributed by atoms with Crippen molar-refractivity contribution in [2.24, 2.45) is 0 Å². The van der Waals surface area contributed by atoms with Crippen LogP contribution in [0, 0.1) is 0 Å². The Bertz CT molecular complexity index is 1890. The summed E-state index contributed by atoms with van der Waals surface area (Å²) < 4.78 is 30.6. The van der Waals surface area contributed by atoms with Crippen LogP contribution in [-0.2, 0) is 38.8 Å². The summed E-state index contributed by atoms with van der Waals surface area (Å²) >= 11 is 0. The Morgan fingerprint density at radius 3 is 2.43 bits per heavy atom. The number of rotatable bonds is 12. The van der Waals surface area contributed by atoms with Crippen LogP contribution in [-0.4, -0.2) is 47.0 Å². The van der Waals surface area contributed by atoms with Crippen molar-refractivity contribution in [3.8, 4) is 0 Å². The number of H-pyrrole nitrogens is 1. The number of nitrogens with zero attached hydrogens (tertiary/aromatic N) is 2. The third kappa shape index (κ3) is 7.48. The minimum absolute atomic E-state index is 0.0232. The van der Waals surface area contributed by atoms with Gasteiger partial charge in [0.05, 0.1) is 27.9 Å². The molecule has 3 aromatic carbocycles. The summed E-state index contributed by atoms with van der Waals surface area (Å²) in [6, 6.07) is 24.7. The van der Waals surface area contributed by atoms with Crippen molar-refractivity contribution in [1.82, 2.24) is 20.3 Å². The molecule has 0 fully saturated rings. The molecule has 10 nitrogen and oxygen atoms in total. The Balaban J connectivity index is 1.27. The maximum atomic E-state index is 12.9. The van der Waals surface area contributed by atoms with E-state index in [1.807, 2.05) is 60.7 Å². The van der Waals surface area contributed by atoms with E-state index in [-0.39, 0.29) is 29.5 Å². The summed E-state index contributed by atoms with van der Waals surface area (Å²) in [5.41, 5.74) is 4.31. The van der Waals surface area contributed by atoms with Crippen LogP contribution in [0.5, 0.6) is 0 Å². The van der Waals surface area contributed by atoms with Crippen molar-refractivity contribution in [3.05, 3.63) is 114 Å². The molecule has 226 valence electrons. The highest BCUT2D eigenvalue weighted by Crippen LogP contribution is 2.28. The van der Waals surface area contributed by atoms with Gasteiger partial charge in [0.25, 0.3) is 0 Å². The molecule has 2 heterocycles.